The Bertz CT molecular complexity index is 905. The minimum Gasteiger partial charge on any atom is -0.325 e. The highest BCUT2D eigenvalue weighted by atomic mass is 32.2. The maximum absolute atomic E-state index is 12.2. The van der Waals surface area contributed by atoms with Crippen molar-refractivity contribution in [3.05, 3.63) is 70.1 Å². The Morgan fingerprint density at radius 3 is 2.73 bits per heavy atom. The van der Waals surface area contributed by atoms with Crippen LogP contribution in [0.25, 0.3) is 6.08 Å². The van der Waals surface area contributed by atoms with E-state index in [9.17, 15) is 9.59 Å². The monoisotopic (exact) mass is 382 g/mol. The predicted octanol–water partition coefficient (Wildman–Crippen LogP) is 4.65. The Morgan fingerprint density at radius 1 is 1.19 bits per heavy atom. The average molecular weight is 383 g/mol. The molecule has 0 saturated heterocycles. The maximum atomic E-state index is 12.2. The molecule has 132 valence electrons. The van der Waals surface area contributed by atoms with E-state index in [-0.39, 0.29) is 17.6 Å². The molecule has 1 aliphatic rings. The summed E-state index contributed by atoms with van der Waals surface area (Å²) < 4.78 is 0.605. The lowest BCUT2D eigenvalue weighted by atomic mass is 10.1. The van der Waals surface area contributed by atoms with Crippen molar-refractivity contribution < 1.29 is 9.59 Å². The van der Waals surface area contributed by atoms with Crippen LogP contribution in [0.5, 0.6) is 0 Å². The number of nitrogens with zero attached hydrogens (tertiary/aromatic N) is 1. The fraction of sp³-hybridized carbons (Fsp3) is 0.150. The Morgan fingerprint density at radius 2 is 1.96 bits per heavy atom. The van der Waals surface area contributed by atoms with Crippen LogP contribution in [-0.2, 0) is 9.59 Å². The van der Waals surface area contributed by atoms with Crippen LogP contribution in [0.3, 0.4) is 0 Å². The van der Waals surface area contributed by atoms with Crippen LogP contribution < -0.4 is 5.32 Å². The lowest BCUT2D eigenvalue weighted by molar-refractivity contribution is -0.114. The van der Waals surface area contributed by atoms with Crippen LogP contribution in [-0.4, -0.2) is 21.9 Å². The molecule has 0 aromatic heterocycles. The molecule has 1 aliphatic heterocycles. The summed E-state index contributed by atoms with van der Waals surface area (Å²) in [5.41, 5.74) is 3.88. The van der Waals surface area contributed by atoms with Crippen LogP contribution >= 0.6 is 23.5 Å². The number of aryl methyl sites for hydroxylation is 2. The second-order valence-corrected chi connectivity index (χ2v) is 8.11. The Kier molecular flexibility index (Phi) is 5.96. The van der Waals surface area contributed by atoms with Gasteiger partial charge >= 0.3 is 0 Å². The number of thioether (sulfide) groups is 2. The largest absolute Gasteiger partial charge is 0.325 e. The SMILES string of the molecule is Cc1ccc(C)c(NC(=O)CSC2=NC(=O)/C(=C\c3ccccc3)S2)c1. The van der Waals surface area contributed by atoms with Crippen molar-refractivity contribution in [1.29, 1.82) is 0 Å². The minimum absolute atomic E-state index is 0.111. The zero-order valence-corrected chi connectivity index (χ0v) is 16.1. The van der Waals surface area contributed by atoms with Crippen molar-refractivity contribution in [3.63, 3.8) is 0 Å². The van der Waals surface area contributed by atoms with Gasteiger partial charge in [0, 0.05) is 5.69 Å². The number of hydrogen-bond donors (Lipinski definition) is 1. The fourth-order valence-electron chi connectivity index (χ4n) is 2.34. The van der Waals surface area contributed by atoms with E-state index in [1.54, 1.807) is 0 Å². The quantitative estimate of drug-likeness (QED) is 0.782. The summed E-state index contributed by atoms with van der Waals surface area (Å²) in [6, 6.07) is 15.6. The normalized spacial score (nSPS) is 15.2. The van der Waals surface area contributed by atoms with Gasteiger partial charge in [0.15, 0.2) is 0 Å². The summed E-state index contributed by atoms with van der Waals surface area (Å²) >= 11 is 2.59. The number of rotatable bonds is 4. The number of hydrogen-bond acceptors (Lipinski definition) is 4. The van der Waals surface area contributed by atoms with E-state index in [2.05, 4.69) is 10.3 Å². The van der Waals surface area contributed by atoms with Crippen molar-refractivity contribution in [2.75, 3.05) is 11.1 Å². The standard InChI is InChI=1S/C20H18N2O2S2/c1-13-8-9-14(2)16(10-13)21-18(23)12-25-20-22-19(24)17(26-20)11-15-6-4-3-5-7-15/h3-11H,12H2,1-2H3,(H,21,23)/b17-11+. The summed E-state index contributed by atoms with van der Waals surface area (Å²) in [7, 11) is 0. The first-order valence-electron chi connectivity index (χ1n) is 8.09. The van der Waals surface area contributed by atoms with Gasteiger partial charge in [-0.3, -0.25) is 9.59 Å². The van der Waals surface area contributed by atoms with Gasteiger partial charge in [-0.05, 0) is 42.7 Å². The van der Waals surface area contributed by atoms with Gasteiger partial charge in [0.1, 0.15) is 4.38 Å². The number of carbonyl (C=O) groups is 2. The van der Waals surface area contributed by atoms with Crippen LogP contribution in [0, 0.1) is 13.8 Å². The molecule has 2 aromatic carbocycles. The number of amides is 2. The van der Waals surface area contributed by atoms with Crippen LogP contribution in [0.4, 0.5) is 5.69 Å². The van der Waals surface area contributed by atoms with Crippen molar-refractivity contribution in [1.82, 2.24) is 0 Å². The maximum Gasteiger partial charge on any atom is 0.285 e. The lowest BCUT2D eigenvalue weighted by Gasteiger charge is -2.09. The molecule has 1 N–H and O–H groups in total. The number of aliphatic imine (C=N–C) groups is 1. The van der Waals surface area contributed by atoms with Crippen molar-refractivity contribution in [2.24, 2.45) is 4.99 Å². The molecule has 2 amide bonds. The molecule has 0 radical (unpaired) electrons. The third kappa shape index (κ3) is 4.86. The number of benzene rings is 2. The summed E-state index contributed by atoms with van der Waals surface area (Å²) in [6.45, 7) is 3.94. The van der Waals surface area contributed by atoms with Gasteiger partial charge in [0.05, 0.1) is 10.7 Å². The molecular weight excluding hydrogens is 364 g/mol. The molecule has 0 bridgehead atoms. The summed E-state index contributed by atoms with van der Waals surface area (Å²) in [4.78, 5) is 28.8. The van der Waals surface area contributed by atoms with E-state index >= 15 is 0 Å². The molecule has 26 heavy (non-hydrogen) atoms. The molecule has 6 heteroatoms. The van der Waals surface area contributed by atoms with Gasteiger partial charge in [0.2, 0.25) is 5.91 Å². The predicted molar refractivity (Wildman–Crippen MR) is 111 cm³/mol. The van der Waals surface area contributed by atoms with Crippen LogP contribution in [0.1, 0.15) is 16.7 Å². The Hall–Kier alpha value is -2.31. The van der Waals surface area contributed by atoms with Gasteiger partial charge in [0.25, 0.3) is 5.91 Å². The molecular formula is C20H18N2O2S2. The van der Waals surface area contributed by atoms with Gasteiger partial charge in [-0.15, -0.1) is 0 Å². The Labute approximate surface area is 161 Å². The zero-order chi connectivity index (χ0) is 18.5. The molecule has 0 atom stereocenters. The fourth-order valence-corrected chi connectivity index (χ4v) is 4.14. The second-order valence-electron chi connectivity index (χ2n) is 5.86. The van der Waals surface area contributed by atoms with E-state index in [1.807, 2.05) is 68.5 Å². The molecule has 0 saturated carbocycles. The van der Waals surface area contributed by atoms with E-state index in [0.717, 1.165) is 22.4 Å². The molecule has 3 rings (SSSR count). The van der Waals surface area contributed by atoms with Crippen LogP contribution in [0.15, 0.2) is 58.4 Å². The number of carbonyl (C=O) groups excluding carboxylic acids is 2. The smallest absolute Gasteiger partial charge is 0.285 e. The van der Waals surface area contributed by atoms with E-state index in [0.29, 0.717) is 9.28 Å². The van der Waals surface area contributed by atoms with E-state index < -0.39 is 0 Å². The molecule has 1 heterocycles. The Balaban J connectivity index is 1.56. The molecule has 0 aliphatic carbocycles. The highest BCUT2D eigenvalue weighted by Gasteiger charge is 2.22. The first-order chi connectivity index (χ1) is 12.5. The third-order valence-electron chi connectivity index (χ3n) is 3.69. The van der Waals surface area contributed by atoms with Gasteiger partial charge in [-0.1, -0.05) is 66.0 Å². The zero-order valence-electron chi connectivity index (χ0n) is 14.5. The van der Waals surface area contributed by atoms with Crippen molar-refractivity contribution >= 4 is 51.5 Å². The van der Waals surface area contributed by atoms with Crippen molar-refractivity contribution in [3.8, 4) is 0 Å². The van der Waals surface area contributed by atoms with Crippen molar-refractivity contribution in [2.45, 2.75) is 13.8 Å². The highest BCUT2D eigenvalue weighted by molar-refractivity contribution is 8.41. The first-order valence-corrected chi connectivity index (χ1v) is 9.89. The molecule has 0 unspecified atom stereocenters. The number of nitrogens with one attached hydrogen (secondary N) is 1. The van der Waals surface area contributed by atoms with E-state index in [1.165, 1.54) is 23.5 Å². The first kappa shape index (κ1) is 18.5. The average Bonchev–Trinajstić information content (AvgIpc) is 2.97. The lowest BCUT2D eigenvalue weighted by Crippen LogP contribution is -2.15. The van der Waals surface area contributed by atoms with Gasteiger partial charge < -0.3 is 5.32 Å². The molecule has 4 nitrogen and oxygen atoms in total. The van der Waals surface area contributed by atoms with Gasteiger partial charge in [-0.2, -0.15) is 4.99 Å². The third-order valence-corrected chi connectivity index (χ3v) is 5.82. The second kappa shape index (κ2) is 8.38. The molecule has 0 spiro atoms. The minimum atomic E-state index is -0.253. The van der Waals surface area contributed by atoms with Crippen LogP contribution in [0.2, 0.25) is 0 Å². The summed E-state index contributed by atoms with van der Waals surface area (Å²) in [5.74, 6) is -0.151. The topological polar surface area (TPSA) is 58.5 Å². The number of anilines is 1. The van der Waals surface area contributed by atoms with E-state index in [4.69, 9.17) is 0 Å². The summed E-state index contributed by atoms with van der Waals surface area (Å²) in [5, 5.41) is 2.91. The highest BCUT2D eigenvalue weighted by Crippen LogP contribution is 2.33. The molecule has 0 fully saturated rings. The summed E-state index contributed by atoms with van der Waals surface area (Å²) in [6.07, 6.45) is 1.82. The van der Waals surface area contributed by atoms with Gasteiger partial charge in [-0.25, -0.2) is 0 Å². The molecule has 2 aromatic rings.